The summed E-state index contributed by atoms with van der Waals surface area (Å²) >= 11 is 3.24. The van der Waals surface area contributed by atoms with Gasteiger partial charge in [-0.3, -0.25) is 0 Å². The second-order valence-electron chi connectivity index (χ2n) is 4.66. The van der Waals surface area contributed by atoms with Crippen LogP contribution in [-0.4, -0.2) is 18.1 Å². The molecule has 0 aliphatic heterocycles. The van der Waals surface area contributed by atoms with E-state index in [1.165, 1.54) is 23.3 Å². The summed E-state index contributed by atoms with van der Waals surface area (Å²) in [5.41, 5.74) is 8.38. The van der Waals surface area contributed by atoms with E-state index < -0.39 is 0 Å². The summed E-state index contributed by atoms with van der Waals surface area (Å²) in [4.78, 5) is 16.8. The van der Waals surface area contributed by atoms with Crippen molar-refractivity contribution >= 4 is 44.4 Å². The molecule has 0 atom stereocenters. The number of rotatable bonds is 4. The Balaban J connectivity index is 1.69. The maximum Gasteiger partial charge on any atom is 0.337 e. The quantitative estimate of drug-likeness (QED) is 0.579. The molecule has 0 saturated carbocycles. The number of thiazole rings is 1. The summed E-state index contributed by atoms with van der Waals surface area (Å²) < 4.78 is 5.79. The van der Waals surface area contributed by atoms with Crippen molar-refractivity contribution in [2.24, 2.45) is 0 Å². The molecule has 2 aromatic carbocycles. The molecular weight excluding hydrogens is 316 g/mol. The van der Waals surface area contributed by atoms with E-state index in [1.54, 1.807) is 23.9 Å². The van der Waals surface area contributed by atoms with Gasteiger partial charge in [-0.05, 0) is 35.9 Å². The van der Waals surface area contributed by atoms with Gasteiger partial charge in [-0.25, -0.2) is 9.78 Å². The summed E-state index contributed by atoms with van der Waals surface area (Å²) in [6.45, 7) is 0. The lowest BCUT2D eigenvalue weighted by atomic mass is 10.1. The third-order valence-corrected chi connectivity index (χ3v) is 5.07. The fourth-order valence-corrected chi connectivity index (χ4v) is 3.77. The van der Waals surface area contributed by atoms with E-state index in [0.29, 0.717) is 10.7 Å². The number of aromatic nitrogens is 1. The summed E-state index contributed by atoms with van der Waals surface area (Å²) in [5.74, 6) is 0.522. The zero-order valence-electron chi connectivity index (χ0n) is 11.9. The number of nitrogens with two attached hydrogens (primary N) is 1. The third-order valence-electron chi connectivity index (χ3n) is 3.16. The van der Waals surface area contributed by atoms with Gasteiger partial charge in [0.1, 0.15) is 0 Å². The van der Waals surface area contributed by atoms with Crippen LogP contribution >= 0.6 is 23.1 Å². The molecule has 4 nitrogen and oxygen atoms in total. The molecule has 112 valence electrons. The molecule has 3 aromatic rings. The number of hydrogen-bond donors (Lipinski definition) is 1. The summed E-state index contributed by atoms with van der Waals surface area (Å²) in [5, 5.41) is 0.593. The van der Waals surface area contributed by atoms with Crippen LogP contribution in [0.4, 0.5) is 5.13 Å². The highest BCUT2D eigenvalue weighted by Crippen LogP contribution is 2.30. The minimum absolute atomic E-state index is 0.313. The lowest BCUT2D eigenvalue weighted by Crippen LogP contribution is -2.00. The number of hydrogen-bond acceptors (Lipinski definition) is 6. The molecule has 0 spiro atoms. The molecule has 1 aromatic heterocycles. The SMILES string of the molecule is COC(=O)c1ccc(CSc2ccc3nc(N)sc3c2)cc1. The van der Waals surface area contributed by atoms with Crippen molar-refractivity contribution in [1.82, 2.24) is 4.98 Å². The summed E-state index contributed by atoms with van der Waals surface area (Å²) in [6.07, 6.45) is 0. The standard InChI is InChI=1S/C16H14N2O2S2/c1-20-15(19)11-4-2-10(3-5-11)9-21-12-6-7-13-14(8-12)22-16(17)18-13/h2-8H,9H2,1H3,(H2,17,18). The van der Waals surface area contributed by atoms with Gasteiger partial charge in [0.05, 0.1) is 22.9 Å². The number of ether oxygens (including phenoxy) is 1. The van der Waals surface area contributed by atoms with Crippen LogP contribution in [0.25, 0.3) is 10.2 Å². The zero-order valence-corrected chi connectivity index (χ0v) is 13.5. The molecule has 3 rings (SSSR count). The van der Waals surface area contributed by atoms with E-state index in [1.807, 2.05) is 18.2 Å². The number of thioether (sulfide) groups is 1. The van der Waals surface area contributed by atoms with E-state index in [0.717, 1.165) is 21.5 Å². The Kier molecular flexibility index (Phi) is 4.31. The molecule has 0 amide bonds. The van der Waals surface area contributed by atoms with Crippen molar-refractivity contribution in [3.63, 3.8) is 0 Å². The van der Waals surface area contributed by atoms with E-state index in [2.05, 4.69) is 21.9 Å². The van der Waals surface area contributed by atoms with Crippen LogP contribution in [0.15, 0.2) is 47.4 Å². The van der Waals surface area contributed by atoms with Crippen LogP contribution in [0.2, 0.25) is 0 Å². The fourth-order valence-electron chi connectivity index (χ4n) is 2.03. The number of carbonyl (C=O) groups excluding carboxylic acids is 1. The smallest absolute Gasteiger partial charge is 0.337 e. The molecule has 0 bridgehead atoms. The largest absolute Gasteiger partial charge is 0.465 e. The average molecular weight is 330 g/mol. The Morgan fingerprint density at radius 1 is 1.27 bits per heavy atom. The van der Waals surface area contributed by atoms with E-state index in [9.17, 15) is 4.79 Å². The summed E-state index contributed by atoms with van der Waals surface area (Å²) in [6, 6.07) is 13.6. The van der Waals surface area contributed by atoms with Crippen molar-refractivity contribution in [3.8, 4) is 0 Å². The van der Waals surface area contributed by atoms with E-state index in [4.69, 9.17) is 5.73 Å². The highest BCUT2D eigenvalue weighted by Gasteiger charge is 2.06. The number of nitrogen functional groups attached to an aromatic ring is 1. The van der Waals surface area contributed by atoms with Crippen molar-refractivity contribution in [1.29, 1.82) is 0 Å². The predicted molar refractivity (Wildman–Crippen MR) is 91.4 cm³/mol. The molecule has 6 heteroatoms. The Bertz CT molecular complexity index is 813. The second-order valence-corrected chi connectivity index (χ2v) is 6.77. The fraction of sp³-hybridized carbons (Fsp3) is 0.125. The normalized spacial score (nSPS) is 10.8. The highest BCUT2D eigenvalue weighted by molar-refractivity contribution is 7.98. The van der Waals surface area contributed by atoms with Crippen molar-refractivity contribution in [2.75, 3.05) is 12.8 Å². The number of methoxy groups -OCH3 is 1. The Labute approximate surface area is 136 Å². The lowest BCUT2D eigenvalue weighted by molar-refractivity contribution is 0.0600. The van der Waals surface area contributed by atoms with Gasteiger partial charge in [-0.1, -0.05) is 23.5 Å². The summed E-state index contributed by atoms with van der Waals surface area (Å²) in [7, 11) is 1.38. The van der Waals surface area contributed by atoms with Crippen molar-refractivity contribution in [2.45, 2.75) is 10.6 Å². The molecule has 0 fully saturated rings. The van der Waals surface area contributed by atoms with Gasteiger partial charge in [-0.15, -0.1) is 11.8 Å². The van der Waals surface area contributed by atoms with Gasteiger partial charge in [-0.2, -0.15) is 0 Å². The first kappa shape index (κ1) is 14.9. The van der Waals surface area contributed by atoms with Crippen LogP contribution in [0, 0.1) is 0 Å². The number of esters is 1. The van der Waals surface area contributed by atoms with Crippen LogP contribution < -0.4 is 5.73 Å². The minimum Gasteiger partial charge on any atom is -0.465 e. The first-order chi connectivity index (χ1) is 10.7. The number of fused-ring (bicyclic) bond motifs is 1. The molecular formula is C16H14N2O2S2. The van der Waals surface area contributed by atoms with Gasteiger partial charge < -0.3 is 10.5 Å². The third kappa shape index (κ3) is 3.23. The molecule has 0 radical (unpaired) electrons. The van der Waals surface area contributed by atoms with Gasteiger partial charge >= 0.3 is 5.97 Å². The molecule has 0 aliphatic carbocycles. The van der Waals surface area contributed by atoms with Crippen LogP contribution in [0.3, 0.4) is 0 Å². The van der Waals surface area contributed by atoms with E-state index >= 15 is 0 Å². The molecule has 0 saturated heterocycles. The van der Waals surface area contributed by atoms with Gasteiger partial charge in [0.15, 0.2) is 5.13 Å². The maximum atomic E-state index is 11.4. The molecule has 0 unspecified atom stereocenters. The van der Waals surface area contributed by atoms with Crippen molar-refractivity contribution < 1.29 is 9.53 Å². The zero-order chi connectivity index (χ0) is 15.5. The van der Waals surface area contributed by atoms with Gasteiger partial charge in [0.25, 0.3) is 0 Å². The average Bonchev–Trinajstić information content (AvgIpc) is 2.92. The predicted octanol–water partition coefficient (Wildman–Crippen LogP) is 3.96. The molecule has 2 N–H and O–H groups in total. The molecule has 1 heterocycles. The molecule has 22 heavy (non-hydrogen) atoms. The Morgan fingerprint density at radius 2 is 2.05 bits per heavy atom. The first-order valence-electron chi connectivity index (χ1n) is 6.62. The topological polar surface area (TPSA) is 65.2 Å². The highest BCUT2D eigenvalue weighted by atomic mass is 32.2. The lowest BCUT2D eigenvalue weighted by Gasteiger charge is -2.04. The Hall–Kier alpha value is -2.05. The minimum atomic E-state index is -0.313. The molecule has 0 aliphatic rings. The number of nitrogens with zero attached hydrogens (tertiary/aromatic N) is 1. The first-order valence-corrected chi connectivity index (χ1v) is 8.42. The van der Waals surface area contributed by atoms with Crippen molar-refractivity contribution in [3.05, 3.63) is 53.6 Å². The van der Waals surface area contributed by atoms with Crippen LogP contribution in [0.1, 0.15) is 15.9 Å². The maximum absolute atomic E-state index is 11.4. The Morgan fingerprint density at radius 3 is 2.77 bits per heavy atom. The second kappa shape index (κ2) is 6.37. The van der Waals surface area contributed by atoms with Gasteiger partial charge in [0.2, 0.25) is 0 Å². The van der Waals surface area contributed by atoms with Crippen LogP contribution in [-0.2, 0) is 10.5 Å². The monoisotopic (exact) mass is 330 g/mol. The number of benzene rings is 2. The number of carbonyl (C=O) groups is 1. The van der Waals surface area contributed by atoms with E-state index in [-0.39, 0.29) is 5.97 Å². The van der Waals surface area contributed by atoms with Gasteiger partial charge in [0, 0.05) is 10.6 Å². The number of anilines is 1. The van der Waals surface area contributed by atoms with Crippen LogP contribution in [0.5, 0.6) is 0 Å².